The Balaban J connectivity index is 2.16. The van der Waals surface area contributed by atoms with Gasteiger partial charge in [-0.15, -0.1) is 0 Å². The van der Waals surface area contributed by atoms with E-state index in [0.29, 0.717) is 32.1 Å². The maximum absolute atomic E-state index is 12.6. The number of ketones is 1. The van der Waals surface area contributed by atoms with Gasteiger partial charge in [0.15, 0.2) is 6.10 Å². The van der Waals surface area contributed by atoms with Gasteiger partial charge in [-0.25, -0.2) is 4.57 Å². The van der Waals surface area contributed by atoms with E-state index in [1.54, 1.807) is 12.2 Å². The summed E-state index contributed by atoms with van der Waals surface area (Å²) in [6.45, 7) is 5.77. The van der Waals surface area contributed by atoms with Crippen molar-refractivity contribution < 1.29 is 52.9 Å². The Bertz CT molecular complexity index is 1140. The lowest BCUT2D eigenvalue weighted by Crippen LogP contribution is -2.29. The Kier molecular flexibility index (Phi) is 33.7. The normalized spacial score (nSPS) is 18.2. The van der Waals surface area contributed by atoms with Gasteiger partial charge in [-0.2, -0.15) is 0 Å². The zero-order valence-electron chi connectivity index (χ0n) is 37.5. The number of rotatable bonds is 40. The van der Waals surface area contributed by atoms with Crippen LogP contribution in [0.4, 0.5) is 0 Å². The molecule has 0 radical (unpaired) electrons. The molecule has 1 saturated carbocycles. The van der Waals surface area contributed by atoms with Gasteiger partial charge in [0.1, 0.15) is 12.4 Å². The second kappa shape index (κ2) is 35.9. The largest absolute Gasteiger partial charge is 0.469 e. The average molecular weight is 859 g/mol. The number of hydrogen-bond acceptors (Lipinski definition) is 9. The summed E-state index contributed by atoms with van der Waals surface area (Å²) in [6.07, 6.45) is 32.7. The van der Waals surface area contributed by atoms with Crippen LogP contribution in [0.15, 0.2) is 12.2 Å². The summed E-state index contributed by atoms with van der Waals surface area (Å²) in [4.78, 5) is 55.8. The highest BCUT2D eigenvalue weighted by Gasteiger charge is 2.39. The zero-order valence-corrected chi connectivity index (χ0v) is 38.4. The molecular weight excluding hydrogens is 771 g/mol. The molecule has 1 aliphatic carbocycles. The Morgan fingerprint density at radius 2 is 1.17 bits per heavy atom. The van der Waals surface area contributed by atoms with Gasteiger partial charge in [-0.05, 0) is 31.6 Å². The third kappa shape index (κ3) is 32.7. The predicted molar refractivity (Wildman–Crippen MR) is 236 cm³/mol. The molecule has 0 amide bonds. The van der Waals surface area contributed by atoms with Gasteiger partial charge in [-0.3, -0.25) is 18.9 Å². The Hall–Kier alpha value is -1.62. The standard InChI is InChI=1S/C47H87O11P/c1-4-5-24-30-40(48)34-35-43-42(44(49)36-45(43)50)31-26-22-23-28-33-47(52)58-41(38-57-59(53,54)55)37-56-46(51)32-27-21-19-17-15-13-11-9-7-6-8-10-12-14-16-18-20-25-29-39(2)3/h34-35,39-43,45,48,50H,4-33,36-38H2,1-3H3,(H2,53,54,55)/b35-34+/t40-,41+,42+,43+,45+/m0/s1. The molecule has 346 valence electrons. The van der Waals surface area contributed by atoms with Crippen molar-refractivity contribution in [3.8, 4) is 0 Å². The molecule has 0 aromatic carbocycles. The lowest BCUT2D eigenvalue weighted by molar-refractivity contribution is -0.161. The molecule has 11 nitrogen and oxygen atoms in total. The maximum Gasteiger partial charge on any atom is 0.469 e. The van der Waals surface area contributed by atoms with E-state index >= 15 is 0 Å². The highest BCUT2D eigenvalue weighted by Crippen LogP contribution is 2.36. The summed E-state index contributed by atoms with van der Waals surface area (Å²) in [7, 11) is -4.82. The van der Waals surface area contributed by atoms with Crippen LogP contribution in [0.25, 0.3) is 0 Å². The van der Waals surface area contributed by atoms with Gasteiger partial charge in [0.05, 0.1) is 18.8 Å². The summed E-state index contributed by atoms with van der Waals surface area (Å²) < 4.78 is 26.5. The molecule has 0 aromatic heterocycles. The topological polar surface area (TPSA) is 177 Å². The van der Waals surface area contributed by atoms with Crippen molar-refractivity contribution >= 4 is 25.5 Å². The number of ether oxygens (including phenoxy) is 2. The molecule has 1 aliphatic rings. The van der Waals surface area contributed by atoms with Gasteiger partial charge >= 0.3 is 19.8 Å². The monoisotopic (exact) mass is 859 g/mol. The quantitative estimate of drug-likeness (QED) is 0.0200. The van der Waals surface area contributed by atoms with Crippen molar-refractivity contribution in [3.63, 3.8) is 0 Å². The van der Waals surface area contributed by atoms with Gasteiger partial charge in [0, 0.05) is 31.1 Å². The van der Waals surface area contributed by atoms with Crippen molar-refractivity contribution in [1.29, 1.82) is 0 Å². The number of aliphatic hydroxyl groups is 2. The molecule has 59 heavy (non-hydrogen) atoms. The fourth-order valence-electron chi connectivity index (χ4n) is 7.99. The second-order valence-corrected chi connectivity index (χ2v) is 18.9. The Labute approximate surface area is 358 Å². The van der Waals surface area contributed by atoms with E-state index in [1.165, 1.54) is 96.3 Å². The summed E-state index contributed by atoms with van der Waals surface area (Å²) in [5.74, 6) is -0.746. The van der Waals surface area contributed by atoms with E-state index in [-0.39, 0.29) is 43.5 Å². The maximum atomic E-state index is 12.6. The number of aliphatic hydroxyl groups excluding tert-OH is 2. The van der Waals surface area contributed by atoms with Crippen LogP contribution in [0.2, 0.25) is 0 Å². The van der Waals surface area contributed by atoms with Crippen molar-refractivity contribution in [3.05, 3.63) is 12.2 Å². The number of Topliss-reactive ketones (excluding diaryl/α,β-unsaturated/α-hetero) is 1. The molecule has 12 heteroatoms. The fraction of sp³-hybridized carbons (Fsp3) is 0.894. The lowest BCUT2D eigenvalue weighted by Gasteiger charge is -2.19. The number of phosphoric acid groups is 1. The van der Waals surface area contributed by atoms with Crippen LogP contribution in [-0.4, -0.2) is 69.2 Å². The predicted octanol–water partition coefficient (Wildman–Crippen LogP) is 11.4. The van der Waals surface area contributed by atoms with E-state index in [0.717, 1.165) is 57.3 Å². The highest BCUT2D eigenvalue weighted by molar-refractivity contribution is 7.46. The molecule has 0 aromatic rings. The molecule has 4 N–H and O–H groups in total. The zero-order chi connectivity index (χ0) is 43.6. The summed E-state index contributed by atoms with van der Waals surface area (Å²) >= 11 is 0. The molecule has 0 bridgehead atoms. The number of hydrogen-bond donors (Lipinski definition) is 4. The Morgan fingerprint density at radius 1 is 0.695 bits per heavy atom. The first-order valence-corrected chi connectivity index (χ1v) is 25.5. The second-order valence-electron chi connectivity index (χ2n) is 17.7. The summed E-state index contributed by atoms with van der Waals surface area (Å²) in [5.41, 5.74) is 0. The summed E-state index contributed by atoms with van der Waals surface area (Å²) in [5, 5.41) is 20.7. The van der Waals surface area contributed by atoms with Crippen LogP contribution in [0.3, 0.4) is 0 Å². The summed E-state index contributed by atoms with van der Waals surface area (Å²) in [6, 6.07) is 0. The van der Waals surface area contributed by atoms with Crippen LogP contribution in [0.1, 0.15) is 220 Å². The van der Waals surface area contributed by atoms with E-state index in [2.05, 4.69) is 25.3 Å². The van der Waals surface area contributed by atoms with Crippen molar-refractivity contribution in [2.75, 3.05) is 13.2 Å². The smallest absolute Gasteiger partial charge is 0.462 e. The van der Waals surface area contributed by atoms with Crippen LogP contribution >= 0.6 is 7.82 Å². The lowest BCUT2D eigenvalue weighted by atomic mass is 9.88. The molecule has 0 heterocycles. The number of unbranched alkanes of at least 4 members (excludes halogenated alkanes) is 22. The first-order chi connectivity index (χ1) is 28.3. The van der Waals surface area contributed by atoms with Crippen LogP contribution in [0.5, 0.6) is 0 Å². The van der Waals surface area contributed by atoms with Crippen molar-refractivity contribution in [2.24, 2.45) is 17.8 Å². The van der Waals surface area contributed by atoms with Crippen LogP contribution in [-0.2, 0) is 32.9 Å². The average Bonchev–Trinajstić information content (AvgIpc) is 3.45. The van der Waals surface area contributed by atoms with E-state index < -0.39 is 44.7 Å². The minimum Gasteiger partial charge on any atom is -0.462 e. The molecule has 1 fully saturated rings. The number of carbonyl (C=O) groups excluding carboxylic acids is 3. The molecule has 0 unspecified atom stereocenters. The molecule has 5 atom stereocenters. The number of carbonyl (C=O) groups is 3. The van der Waals surface area contributed by atoms with Gasteiger partial charge in [0.25, 0.3) is 0 Å². The van der Waals surface area contributed by atoms with Gasteiger partial charge in [0.2, 0.25) is 0 Å². The fourth-order valence-corrected chi connectivity index (χ4v) is 8.35. The third-order valence-electron chi connectivity index (χ3n) is 11.6. The van der Waals surface area contributed by atoms with E-state index in [1.807, 2.05) is 0 Å². The highest BCUT2D eigenvalue weighted by atomic mass is 31.2. The first-order valence-electron chi connectivity index (χ1n) is 23.9. The van der Waals surface area contributed by atoms with Gasteiger partial charge < -0.3 is 29.5 Å². The van der Waals surface area contributed by atoms with E-state index in [4.69, 9.17) is 19.3 Å². The molecule has 0 aliphatic heterocycles. The van der Waals surface area contributed by atoms with Crippen molar-refractivity contribution in [2.45, 2.75) is 238 Å². The minimum atomic E-state index is -4.82. The number of esters is 2. The van der Waals surface area contributed by atoms with Crippen molar-refractivity contribution in [1.82, 2.24) is 0 Å². The van der Waals surface area contributed by atoms with E-state index in [9.17, 15) is 29.2 Å². The minimum absolute atomic E-state index is 0.0380. The molecule has 1 rings (SSSR count). The third-order valence-corrected chi connectivity index (χ3v) is 12.1. The molecular formula is C47H87O11P. The van der Waals surface area contributed by atoms with Crippen LogP contribution < -0.4 is 0 Å². The molecule has 0 saturated heterocycles. The number of phosphoric ester groups is 1. The SMILES string of the molecule is CCCCC[C@H](O)/C=C/[C@H]1[C@H](O)CC(=O)[C@@H]1CCCCCCC(=O)O[C@H](COC(=O)CCCCCCCCCCCCCCCCCCCCC(C)C)COP(=O)(O)O. The van der Waals surface area contributed by atoms with Gasteiger partial charge in [-0.1, -0.05) is 187 Å². The first kappa shape index (κ1) is 55.4. The van der Waals surface area contributed by atoms with Crippen LogP contribution in [0, 0.1) is 17.8 Å². The Morgan fingerprint density at radius 3 is 1.68 bits per heavy atom. The molecule has 0 spiro atoms.